The lowest BCUT2D eigenvalue weighted by atomic mass is 10.1. The summed E-state index contributed by atoms with van der Waals surface area (Å²) < 4.78 is 4.79. The van der Waals surface area contributed by atoms with Gasteiger partial charge in [-0.15, -0.1) is 11.3 Å². The number of carbonyl (C=O) groups is 2. The van der Waals surface area contributed by atoms with Crippen molar-refractivity contribution >= 4 is 23.2 Å². The molecule has 1 aromatic heterocycles. The molecule has 1 amide bonds. The summed E-state index contributed by atoms with van der Waals surface area (Å²) in [7, 11) is 1.43. The Morgan fingerprint density at radius 1 is 1.33 bits per heavy atom. The lowest BCUT2D eigenvalue weighted by Gasteiger charge is -2.35. The van der Waals surface area contributed by atoms with Gasteiger partial charge in [-0.05, 0) is 17.9 Å². The van der Waals surface area contributed by atoms with Gasteiger partial charge in [0.15, 0.2) is 0 Å². The molecule has 5 nitrogen and oxygen atoms in total. The molecule has 0 aliphatic carbocycles. The maximum Gasteiger partial charge on any atom is 0.309 e. The molecule has 2 saturated heterocycles. The maximum atomic E-state index is 12.4. The molecule has 2 bridgehead atoms. The highest BCUT2D eigenvalue weighted by Gasteiger charge is 2.45. The smallest absolute Gasteiger partial charge is 0.309 e. The molecule has 0 spiro atoms. The predicted octanol–water partition coefficient (Wildman–Crippen LogP) is 2.41. The third-order valence-electron chi connectivity index (χ3n) is 4.69. The van der Waals surface area contributed by atoms with Gasteiger partial charge in [0, 0.05) is 36.6 Å². The zero-order valence-corrected chi connectivity index (χ0v) is 15.8. The van der Waals surface area contributed by atoms with E-state index in [4.69, 9.17) is 4.74 Å². The van der Waals surface area contributed by atoms with Gasteiger partial charge in [0.05, 0.1) is 19.4 Å². The normalized spacial score (nSPS) is 23.6. The molecule has 3 atom stereocenters. The lowest BCUT2D eigenvalue weighted by Crippen LogP contribution is -2.50. The lowest BCUT2D eigenvalue weighted by molar-refractivity contribution is -0.146. The SMILES string of the molecule is CC.COC(=O)C(C)CN1C[C@@H]2C[C@H]1CN2C(=O)Cc1cccs1. The third kappa shape index (κ3) is 4.16. The van der Waals surface area contributed by atoms with Crippen molar-refractivity contribution in [3.05, 3.63) is 22.4 Å². The van der Waals surface area contributed by atoms with Crippen LogP contribution in [0, 0.1) is 5.92 Å². The fraction of sp³-hybridized carbons (Fsp3) is 0.667. The summed E-state index contributed by atoms with van der Waals surface area (Å²) in [6.07, 6.45) is 1.55. The molecule has 134 valence electrons. The van der Waals surface area contributed by atoms with E-state index in [2.05, 4.69) is 4.90 Å². The first-order valence-electron chi connectivity index (χ1n) is 8.72. The zero-order chi connectivity index (χ0) is 17.7. The van der Waals surface area contributed by atoms with Crippen molar-refractivity contribution in [2.24, 2.45) is 5.92 Å². The topological polar surface area (TPSA) is 49.9 Å². The molecule has 2 aliphatic rings. The van der Waals surface area contributed by atoms with Crippen LogP contribution in [-0.4, -0.2) is 60.5 Å². The number of piperazine rings is 1. The summed E-state index contributed by atoms with van der Waals surface area (Å²) >= 11 is 1.64. The highest BCUT2D eigenvalue weighted by atomic mass is 32.1. The molecule has 3 heterocycles. The highest BCUT2D eigenvalue weighted by molar-refractivity contribution is 7.10. The molecule has 2 fully saturated rings. The number of rotatable bonds is 5. The number of carbonyl (C=O) groups excluding carboxylic acids is 2. The van der Waals surface area contributed by atoms with Gasteiger partial charge in [-0.1, -0.05) is 26.8 Å². The minimum absolute atomic E-state index is 0.111. The number of nitrogens with zero attached hydrogens (tertiary/aromatic N) is 2. The first kappa shape index (κ1) is 18.9. The molecule has 2 aliphatic heterocycles. The molecule has 0 radical (unpaired) electrons. The fourth-order valence-electron chi connectivity index (χ4n) is 3.57. The Morgan fingerprint density at radius 2 is 2.08 bits per heavy atom. The van der Waals surface area contributed by atoms with Gasteiger partial charge in [-0.2, -0.15) is 0 Å². The van der Waals surface area contributed by atoms with Crippen LogP contribution in [0.5, 0.6) is 0 Å². The third-order valence-corrected chi connectivity index (χ3v) is 5.57. The van der Waals surface area contributed by atoms with Crippen molar-refractivity contribution in [3.63, 3.8) is 0 Å². The fourth-order valence-corrected chi connectivity index (χ4v) is 4.27. The van der Waals surface area contributed by atoms with E-state index in [1.54, 1.807) is 11.3 Å². The highest BCUT2D eigenvalue weighted by Crippen LogP contribution is 2.32. The van der Waals surface area contributed by atoms with E-state index in [0.29, 0.717) is 18.5 Å². The second-order valence-corrected chi connectivity index (χ2v) is 7.26. The van der Waals surface area contributed by atoms with Crippen LogP contribution < -0.4 is 0 Å². The van der Waals surface area contributed by atoms with E-state index >= 15 is 0 Å². The van der Waals surface area contributed by atoms with Crippen LogP contribution in [-0.2, 0) is 20.7 Å². The molecule has 0 N–H and O–H groups in total. The van der Waals surface area contributed by atoms with E-state index in [9.17, 15) is 9.59 Å². The summed E-state index contributed by atoms with van der Waals surface area (Å²) in [4.78, 5) is 29.5. The summed E-state index contributed by atoms with van der Waals surface area (Å²) in [5.41, 5.74) is 0. The second-order valence-electron chi connectivity index (χ2n) is 6.22. The number of amides is 1. The monoisotopic (exact) mass is 352 g/mol. The average Bonchev–Trinajstić information content (AvgIpc) is 3.32. The number of hydrogen-bond donors (Lipinski definition) is 0. The zero-order valence-electron chi connectivity index (χ0n) is 15.0. The van der Waals surface area contributed by atoms with E-state index in [0.717, 1.165) is 30.9 Å². The quantitative estimate of drug-likeness (QED) is 0.764. The first-order chi connectivity index (χ1) is 11.6. The Kier molecular flexibility index (Phi) is 6.80. The van der Waals surface area contributed by atoms with Gasteiger partial charge >= 0.3 is 5.97 Å². The Labute approximate surface area is 148 Å². The van der Waals surface area contributed by atoms with E-state index < -0.39 is 0 Å². The number of esters is 1. The number of thiophene rings is 1. The molecule has 1 aromatic rings. The first-order valence-corrected chi connectivity index (χ1v) is 9.60. The van der Waals surface area contributed by atoms with Crippen molar-refractivity contribution in [1.29, 1.82) is 0 Å². The van der Waals surface area contributed by atoms with Crippen LogP contribution in [0.3, 0.4) is 0 Å². The van der Waals surface area contributed by atoms with Gasteiger partial charge in [-0.25, -0.2) is 0 Å². The van der Waals surface area contributed by atoms with Crippen LogP contribution in [0.15, 0.2) is 17.5 Å². The number of fused-ring (bicyclic) bond motifs is 2. The molecule has 0 saturated carbocycles. The molecule has 1 unspecified atom stereocenters. The number of ether oxygens (including phenoxy) is 1. The maximum absolute atomic E-state index is 12.4. The van der Waals surface area contributed by atoms with Gasteiger partial charge < -0.3 is 9.64 Å². The van der Waals surface area contributed by atoms with Crippen LogP contribution in [0.25, 0.3) is 0 Å². The van der Waals surface area contributed by atoms with Crippen molar-refractivity contribution in [2.75, 3.05) is 26.7 Å². The minimum atomic E-state index is -0.159. The summed E-state index contributed by atoms with van der Waals surface area (Å²) in [6.45, 7) is 8.29. The van der Waals surface area contributed by atoms with Gasteiger partial charge in [0.2, 0.25) is 5.91 Å². The van der Waals surface area contributed by atoms with E-state index in [1.807, 2.05) is 43.2 Å². The molecule has 3 rings (SSSR count). The summed E-state index contributed by atoms with van der Waals surface area (Å²) in [6, 6.07) is 4.70. The molecule has 24 heavy (non-hydrogen) atoms. The van der Waals surface area contributed by atoms with Crippen LogP contribution in [0.4, 0.5) is 0 Å². The van der Waals surface area contributed by atoms with Crippen LogP contribution in [0.2, 0.25) is 0 Å². The van der Waals surface area contributed by atoms with Crippen molar-refractivity contribution in [2.45, 2.75) is 45.7 Å². The summed E-state index contributed by atoms with van der Waals surface area (Å²) in [5.74, 6) is -0.0383. The van der Waals surface area contributed by atoms with Crippen molar-refractivity contribution in [1.82, 2.24) is 9.80 Å². The number of likely N-dealkylation sites (tertiary alicyclic amines) is 2. The molecular formula is C18H28N2O3S. The van der Waals surface area contributed by atoms with Gasteiger partial charge in [-0.3, -0.25) is 14.5 Å². The molecular weight excluding hydrogens is 324 g/mol. The van der Waals surface area contributed by atoms with Crippen LogP contribution >= 0.6 is 11.3 Å². The Morgan fingerprint density at radius 3 is 2.62 bits per heavy atom. The minimum Gasteiger partial charge on any atom is -0.469 e. The average molecular weight is 353 g/mol. The van der Waals surface area contributed by atoms with Gasteiger partial charge in [0.1, 0.15) is 0 Å². The standard InChI is InChI=1S/C16H22N2O3S.C2H6/c1-11(16(20)21-2)8-17-9-13-6-12(17)10-18(13)15(19)7-14-4-3-5-22-14;1-2/h3-5,11-13H,6-10H2,1-2H3;1-2H3/t11?,12-,13-;/m0./s1. The second kappa shape index (κ2) is 8.62. The predicted molar refractivity (Wildman–Crippen MR) is 96.0 cm³/mol. The number of hydrogen-bond acceptors (Lipinski definition) is 5. The van der Waals surface area contributed by atoms with Crippen molar-refractivity contribution in [3.8, 4) is 0 Å². The summed E-state index contributed by atoms with van der Waals surface area (Å²) in [5, 5.41) is 2.01. The Bertz CT molecular complexity index is 546. The van der Waals surface area contributed by atoms with E-state index in [1.165, 1.54) is 7.11 Å². The van der Waals surface area contributed by atoms with Crippen molar-refractivity contribution < 1.29 is 14.3 Å². The van der Waals surface area contributed by atoms with Crippen LogP contribution in [0.1, 0.15) is 32.1 Å². The Hall–Kier alpha value is -1.40. The largest absolute Gasteiger partial charge is 0.469 e. The van der Waals surface area contributed by atoms with E-state index in [-0.39, 0.29) is 17.8 Å². The molecule has 0 aromatic carbocycles. The Balaban J connectivity index is 0.00000100. The van der Waals surface area contributed by atoms with Gasteiger partial charge in [0.25, 0.3) is 0 Å². The number of methoxy groups -OCH3 is 1. The molecule has 6 heteroatoms.